The molecule has 6 atom stereocenters. The number of benzene rings is 4. The summed E-state index contributed by atoms with van der Waals surface area (Å²) >= 11 is 0. The lowest BCUT2D eigenvalue weighted by Gasteiger charge is -2.41. The van der Waals surface area contributed by atoms with E-state index in [-0.39, 0.29) is 5.82 Å². The van der Waals surface area contributed by atoms with Crippen LogP contribution in [0.5, 0.6) is 0 Å². The van der Waals surface area contributed by atoms with Gasteiger partial charge in [-0.2, -0.15) is 0 Å². The normalized spacial score (nSPS) is 26.4. The van der Waals surface area contributed by atoms with Gasteiger partial charge in [-0.1, -0.05) is 102 Å². The highest BCUT2D eigenvalue weighted by atomic mass is 19.1. The maximum atomic E-state index is 13.7. The summed E-state index contributed by atoms with van der Waals surface area (Å²) in [6.07, 6.45) is 12.7. The molecular weight excluding hydrogens is 515 g/mol. The van der Waals surface area contributed by atoms with E-state index >= 15 is 0 Å². The number of nitrogens with one attached hydrogen (secondary N) is 2. The Morgan fingerprint density at radius 2 is 1.26 bits per heavy atom. The molecule has 2 heterocycles. The van der Waals surface area contributed by atoms with Crippen LogP contribution in [0.2, 0.25) is 0 Å². The van der Waals surface area contributed by atoms with Crippen molar-refractivity contribution in [2.24, 2.45) is 11.8 Å². The van der Waals surface area contributed by atoms with Gasteiger partial charge in [-0.15, -0.1) is 0 Å². The highest BCUT2D eigenvalue weighted by Crippen LogP contribution is 2.50. The van der Waals surface area contributed by atoms with Crippen molar-refractivity contribution in [3.05, 3.63) is 154 Å². The molecule has 2 N–H and O–H groups in total. The van der Waals surface area contributed by atoms with Crippen LogP contribution >= 0.6 is 0 Å². The SMILES string of the molecule is Cc1cccc(C2Nc3ccc(F)cc3C3C=CCCC32)c1.Cc1cccc(C2Nc3ccccc3C3C=CCC32)c1. The minimum absolute atomic E-state index is 0.146. The van der Waals surface area contributed by atoms with Crippen molar-refractivity contribution < 1.29 is 4.39 Å². The molecule has 0 radical (unpaired) electrons. The lowest BCUT2D eigenvalue weighted by molar-refractivity contribution is 0.362. The van der Waals surface area contributed by atoms with Crippen LogP contribution in [0.1, 0.15) is 76.6 Å². The monoisotopic (exact) mass is 554 g/mol. The largest absolute Gasteiger partial charge is 0.378 e. The van der Waals surface area contributed by atoms with Crippen molar-refractivity contribution in [3.63, 3.8) is 0 Å². The molecule has 42 heavy (non-hydrogen) atoms. The van der Waals surface area contributed by atoms with Gasteiger partial charge < -0.3 is 10.6 Å². The molecule has 4 aromatic carbocycles. The molecule has 0 saturated heterocycles. The molecule has 2 aliphatic heterocycles. The van der Waals surface area contributed by atoms with Gasteiger partial charge in [0.1, 0.15) is 5.82 Å². The number of rotatable bonds is 2. The highest BCUT2D eigenvalue weighted by Gasteiger charge is 2.38. The third kappa shape index (κ3) is 5.06. The number of hydrogen-bond donors (Lipinski definition) is 2. The molecule has 0 saturated carbocycles. The fraction of sp³-hybridized carbons (Fsp3) is 0.282. The predicted octanol–water partition coefficient (Wildman–Crippen LogP) is 10.2. The molecule has 0 spiro atoms. The standard InChI is InChI=1S/C20H20FN.C19H19N/c1-13-5-4-6-14(11-13)20-17-8-3-2-7-16(17)18-12-15(21)9-10-19(18)22-20;1-13-6-4-7-14(12-13)19-17-10-5-9-15(17)16-8-2-3-11-18(16)20-19/h2,4-7,9-12,16-17,20,22H,3,8H2,1H3;2-9,11-12,15,17,19-20H,10H2,1H3. The molecule has 0 amide bonds. The molecule has 2 nitrogen and oxygen atoms in total. The fourth-order valence-electron chi connectivity index (χ4n) is 7.71. The lowest BCUT2D eigenvalue weighted by atomic mass is 9.71. The predicted molar refractivity (Wildman–Crippen MR) is 173 cm³/mol. The van der Waals surface area contributed by atoms with E-state index in [0.717, 1.165) is 24.1 Å². The molecule has 3 heteroatoms. The Kier molecular flexibility index (Phi) is 7.19. The van der Waals surface area contributed by atoms with Gasteiger partial charge in [-0.3, -0.25) is 0 Å². The molecule has 0 bridgehead atoms. The molecule has 8 rings (SSSR count). The average Bonchev–Trinajstić information content (AvgIpc) is 3.51. The van der Waals surface area contributed by atoms with E-state index in [0.29, 0.717) is 35.8 Å². The number of aryl methyl sites for hydroxylation is 2. The lowest BCUT2D eigenvalue weighted by Crippen LogP contribution is -2.32. The van der Waals surface area contributed by atoms with Gasteiger partial charge >= 0.3 is 0 Å². The van der Waals surface area contributed by atoms with E-state index < -0.39 is 0 Å². The van der Waals surface area contributed by atoms with Gasteiger partial charge in [-0.25, -0.2) is 4.39 Å². The van der Waals surface area contributed by atoms with Crippen LogP contribution in [0.3, 0.4) is 0 Å². The number of para-hydroxylation sites is 1. The first-order valence-electron chi connectivity index (χ1n) is 15.4. The van der Waals surface area contributed by atoms with Crippen LogP contribution in [0.25, 0.3) is 0 Å². The van der Waals surface area contributed by atoms with Crippen molar-refractivity contribution >= 4 is 11.4 Å². The molecule has 0 fully saturated rings. The summed E-state index contributed by atoms with van der Waals surface area (Å²) in [7, 11) is 0. The van der Waals surface area contributed by atoms with E-state index in [4.69, 9.17) is 0 Å². The summed E-state index contributed by atoms with van der Waals surface area (Å²) in [4.78, 5) is 0. The molecule has 0 aromatic heterocycles. The summed E-state index contributed by atoms with van der Waals surface area (Å²) in [6, 6.07) is 32.2. The number of hydrogen-bond acceptors (Lipinski definition) is 2. The summed E-state index contributed by atoms with van der Waals surface area (Å²) < 4.78 is 13.7. The van der Waals surface area contributed by atoms with Crippen LogP contribution in [0.4, 0.5) is 15.8 Å². The van der Waals surface area contributed by atoms with Gasteiger partial charge in [0.05, 0.1) is 12.1 Å². The van der Waals surface area contributed by atoms with Gasteiger partial charge in [-0.05, 0) is 91.5 Å². The summed E-state index contributed by atoms with van der Waals surface area (Å²) in [6.45, 7) is 4.30. The Labute approximate surface area is 249 Å². The van der Waals surface area contributed by atoms with Crippen molar-refractivity contribution in [1.82, 2.24) is 0 Å². The number of halogens is 1. The first-order chi connectivity index (χ1) is 20.5. The fourth-order valence-corrected chi connectivity index (χ4v) is 7.71. The van der Waals surface area contributed by atoms with Crippen LogP contribution in [-0.2, 0) is 0 Å². The number of anilines is 2. The second-order valence-electron chi connectivity index (χ2n) is 12.4. The zero-order chi connectivity index (χ0) is 28.6. The maximum absolute atomic E-state index is 13.7. The van der Waals surface area contributed by atoms with Gasteiger partial charge in [0, 0.05) is 23.2 Å². The van der Waals surface area contributed by atoms with E-state index in [2.05, 4.69) is 122 Å². The quantitative estimate of drug-likeness (QED) is 0.241. The third-order valence-electron chi connectivity index (χ3n) is 9.66. The Balaban J connectivity index is 0.000000138. The van der Waals surface area contributed by atoms with Gasteiger partial charge in [0.2, 0.25) is 0 Å². The average molecular weight is 555 g/mol. The second-order valence-corrected chi connectivity index (χ2v) is 12.4. The summed E-state index contributed by atoms with van der Waals surface area (Å²) in [5.74, 6) is 1.87. The molecule has 4 aromatic rings. The molecule has 2 aliphatic carbocycles. The Hall–Kier alpha value is -4.11. The molecule has 212 valence electrons. The topological polar surface area (TPSA) is 24.1 Å². The smallest absolute Gasteiger partial charge is 0.123 e. The number of allylic oxidation sites excluding steroid dienone is 4. The summed E-state index contributed by atoms with van der Waals surface area (Å²) in [5.41, 5.74) is 10.3. The van der Waals surface area contributed by atoms with Crippen LogP contribution in [0, 0.1) is 31.5 Å². The second kappa shape index (κ2) is 11.3. The van der Waals surface area contributed by atoms with Crippen molar-refractivity contribution in [3.8, 4) is 0 Å². The zero-order valence-corrected chi connectivity index (χ0v) is 24.4. The van der Waals surface area contributed by atoms with E-state index in [1.165, 1.54) is 39.9 Å². The Morgan fingerprint density at radius 1 is 0.619 bits per heavy atom. The van der Waals surface area contributed by atoms with Crippen molar-refractivity contribution in [2.75, 3.05) is 10.6 Å². The van der Waals surface area contributed by atoms with E-state index in [1.54, 1.807) is 12.1 Å². The van der Waals surface area contributed by atoms with E-state index in [9.17, 15) is 4.39 Å². The van der Waals surface area contributed by atoms with Crippen LogP contribution in [0.15, 0.2) is 115 Å². The van der Waals surface area contributed by atoms with Crippen LogP contribution in [-0.4, -0.2) is 0 Å². The van der Waals surface area contributed by atoms with Gasteiger partial charge in [0.25, 0.3) is 0 Å². The number of fused-ring (bicyclic) bond motifs is 6. The first kappa shape index (κ1) is 26.8. The molecule has 6 unspecified atom stereocenters. The Morgan fingerprint density at radius 3 is 2.00 bits per heavy atom. The van der Waals surface area contributed by atoms with Crippen molar-refractivity contribution in [1.29, 1.82) is 0 Å². The maximum Gasteiger partial charge on any atom is 0.123 e. The van der Waals surface area contributed by atoms with Gasteiger partial charge in [0.15, 0.2) is 0 Å². The van der Waals surface area contributed by atoms with Crippen LogP contribution < -0.4 is 10.6 Å². The van der Waals surface area contributed by atoms with Crippen molar-refractivity contribution in [2.45, 2.75) is 57.0 Å². The molecule has 4 aliphatic rings. The van der Waals surface area contributed by atoms with E-state index in [1.807, 2.05) is 6.07 Å². The first-order valence-corrected chi connectivity index (χ1v) is 15.4. The minimum atomic E-state index is -0.146. The summed E-state index contributed by atoms with van der Waals surface area (Å²) in [5, 5.41) is 7.44. The minimum Gasteiger partial charge on any atom is -0.378 e. The molecular formula is C39H39FN2. The third-order valence-corrected chi connectivity index (χ3v) is 9.66. The highest BCUT2D eigenvalue weighted by molar-refractivity contribution is 5.60. The Bertz CT molecular complexity index is 1650. The zero-order valence-electron chi connectivity index (χ0n) is 24.4.